The number of hydrogen-bond acceptors (Lipinski definition) is 2. The van der Waals surface area contributed by atoms with E-state index in [0.717, 1.165) is 24.0 Å². The largest absolute Gasteiger partial charge is 0.479 e. The van der Waals surface area contributed by atoms with Crippen LogP contribution in [-0.2, 0) is 16.0 Å². The predicted octanol–water partition coefficient (Wildman–Crippen LogP) is 1.61. The van der Waals surface area contributed by atoms with Gasteiger partial charge in [-0.15, -0.1) is 0 Å². The number of amides is 1. The topological polar surface area (TPSA) is 57.6 Å². The van der Waals surface area contributed by atoms with Gasteiger partial charge in [0.15, 0.2) is 6.04 Å². The summed E-state index contributed by atoms with van der Waals surface area (Å²) >= 11 is 0. The molecule has 1 N–H and O–H groups in total. The van der Waals surface area contributed by atoms with Crippen molar-refractivity contribution >= 4 is 11.9 Å². The number of carbonyl (C=O) groups is 2. The van der Waals surface area contributed by atoms with Gasteiger partial charge in [-0.1, -0.05) is 24.3 Å². The van der Waals surface area contributed by atoms with E-state index in [4.69, 9.17) is 0 Å². The molecular formula is C14H15NO3. The first kappa shape index (κ1) is 11.3. The van der Waals surface area contributed by atoms with Crippen LogP contribution < -0.4 is 0 Å². The molecule has 1 atom stereocenters. The number of rotatable bonds is 3. The molecule has 1 unspecified atom stereocenters. The van der Waals surface area contributed by atoms with Crippen molar-refractivity contribution in [3.63, 3.8) is 0 Å². The average molecular weight is 245 g/mol. The van der Waals surface area contributed by atoms with Crippen molar-refractivity contribution in [2.75, 3.05) is 6.54 Å². The Bertz CT molecular complexity index is 508. The normalized spacial score (nSPS) is 22.8. The summed E-state index contributed by atoms with van der Waals surface area (Å²) in [5.41, 5.74) is 1.62. The number of benzene rings is 1. The standard InChI is InChI=1S/C14H15NO3/c16-12-7-10-3-1-2-4-11(10)13(14(17)18)15(12)8-9-5-6-9/h1-4,9,13H,5-8H2,(H,17,18). The zero-order valence-electron chi connectivity index (χ0n) is 10.0. The Morgan fingerprint density at radius 2 is 2.06 bits per heavy atom. The van der Waals surface area contributed by atoms with Crippen LogP contribution >= 0.6 is 0 Å². The Balaban J connectivity index is 1.99. The maximum absolute atomic E-state index is 12.1. The third kappa shape index (κ3) is 1.88. The zero-order chi connectivity index (χ0) is 12.7. The van der Waals surface area contributed by atoms with Crippen LogP contribution in [0.5, 0.6) is 0 Å². The van der Waals surface area contributed by atoms with Gasteiger partial charge in [0.2, 0.25) is 5.91 Å². The Labute approximate surface area is 105 Å². The summed E-state index contributed by atoms with van der Waals surface area (Å²) in [5, 5.41) is 9.41. The van der Waals surface area contributed by atoms with Crippen LogP contribution in [0.4, 0.5) is 0 Å². The molecule has 0 radical (unpaired) electrons. The number of aliphatic carboxylic acids is 1. The Kier molecular flexibility index (Phi) is 2.58. The summed E-state index contributed by atoms with van der Waals surface area (Å²) in [6.07, 6.45) is 2.54. The second kappa shape index (κ2) is 4.12. The van der Waals surface area contributed by atoms with Crippen LogP contribution in [0.1, 0.15) is 30.0 Å². The smallest absolute Gasteiger partial charge is 0.331 e. The number of carbonyl (C=O) groups excluding carboxylic acids is 1. The molecule has 1 saturated carbocycles. The van der Waals surface area contributed by atoms with E-state index >= 15 is 0 Å². The molecule has 1 aromatic carbocycles. The second-order valence-corrected chi connectivity index (χ2v) is 5.11. The van der Waals surface area contributed by atoms with Gasteiger partial charge >= 0.3 is 5.97 Å². The van der Waals surface area contributed by atoms with E-state index in [9.17, 15) is 14.7 Å². The summed E-state index contributed by atoms with van der Waals surface area (Å²) < 4.78 is 0. The second-order valence-electron chi connectivity index (χ2n) is 5.11. The first-order valence-electron chi connectivity index (χ1n) is 6.27. The first-order valence-corrected chi connectivity index (χ1v) is 6.27. The molecule has 1 amide bonds. The molecule has 0 bridgehead atoms. The van der Waals surface area contributed by atoms with Crippen LogP contribution in [-0.4, -0.2) is 28.4 Å². The van der Waals surface area contributed by atoms with Crippen molar-refractivity contribution in [2.45, 2.75) is 25.3 Å². The molecule has 94 valence electrons. The molecule has 1 aliphatic heterocycles. The molecule has 1 heterocycles. The van der Waals surface area contributed by atoms with Gasteiger partial charge in [-0.3, -0.25) is 4.79 Å². The van der Waals surface area contributed by atoms with E-state index in [1.165, 1.54) is 0 Å². The van der Waals surface area contributed by atoms with Crippen LogP contribution in [0, 0.1) is 5.92 Å². The monoisotopic (exact) mass is 245 g/mol. The predicted molar refractivity (Wildman–Crippen MR) is 65.0 cm³/mol. The van der Waals surface area contributed by atoms with Gasteiger partial charge in [0.05, 0.1) is 6.42 Å². The van der Waals surface area contributed by atoms with E-state index in [1.54, 1.807) is 4.90 Å². The Morgan fingerprint density at radius 3 is 2.72 bits per heavy atom. The molecular weight excluding hydrogens is 230 g/mol. The molecule has 2 aliphatic rings. The van der Waals surface area contributed by atoms with Crippen molar-refractivity contribution in [1.29, 1.82) is 0 Å². The molecule has 4 heteroatoms. The highest BCUT2D eigenvalue weighted by Crippen LogP contribution is 2.36. The average Bonchev–Trinajstić information content (AvgIpc) is 3.13. The lowest BCUT2D eigenvalue weighted by atomic mass is 9.92. The van der Waals surface area contributed by atoms with Gasteiger partial charge in [-0.2, -0.15) is 0 Å². The van der Waals surface area contributed by atoms with Crippen molar-refractivity contribution in [1.82, 2.24) is 4.90 Å². The number of nitrogens with zero attached hydrogens (tertiary/aromatic N) is 1. The minimum absolute atomic E-state index is 0.0620. The number of hydrogen-bond donors (Lipinski definition) is 1. The number of carboxylic acids is 1. The van der Waals surface area contributed by atoms with Crippen molar-refractivity contribution < 1.29 is 14.7 Å². The van der Waals surface area contributed by atoms with Crippen molar-refractivity contribution in [3.8, 4) is 0 Å². The van der Waals surface area contributed by atoms with Crippen LogP contribution in [0.15, 0.2) is 24.3 Å². The highest BCUT2D eigenvalue weighted by molar-refractivity contribution is 5.89. The molecule has 4 nitrogen and oxygen atoms in total. The van der Waals surface area contributed by atoms with E-state index in [2.05, 4.69) is 0 Å². The minimum Gasteiger partial charge on any atom is -0.479 e. The lowest BCUT2D eigenvalue weighted by molar-refractivity contribution is -0.151. The zero-order valence-corrected chi connectivity index (χ0v) is 10.0. The van der Waals surface area contributed by atoms with Gasteiger partial charge in [0.1, 0.15) is 0 Å². The summed E-state index contributed by atoms with van der Waals surface area (Å²) in [4.78, 5) is 25.1. The fourth-order valence-electron chi connectivity index (χ4n) is 2.59. The lowest BCUT2D eigenvalue weighted by Crippen LogP contribution is -2.44. The maximum Gasteiger partial charge on any atom is 0.331 e. The molecule has 1 fully saturated rings. The third-order valence-corrected chi connectivity index (χ3v) is 3.71. The lowest BCUT2D eigenvalue weighted by Gasteiger charge is -2.34. The fraction of sp³-hybridized carbons (Fsp3) is 0.429. The molecule has 3 rings (SSSR count). The van der Waals surface area contributed by atoms with Gasteiger partial charge < -0.3 is 10.0 Å². The highest BCUT2D eigenvalue weighted by Gasteiger charge is 2.39. The highest BCUT2D eigenvalue weighted by atomic mass is 16.4. The Hall–Kier alpha value is -1.84. The minimum atomic E-state index is -0.934. The molecule has 1 aliphatic carbocycles. The van der Waals surface area contributed by atoms with Crippen LogP contribution in [0.2, 0.25) is 0 Å². The molecule has 0 saturated heterocycles. The van der Waals surface area contributed by atoms with E-state index in [0.29, 0.717) is 18.9 Å². The summed E-state index contributed by atoms with van der Waals surface area (Å²) in [7, 11) is 0. The molecule has 18 heavy (non-hydrogen) atoms. The summed E-state index contributed by atoms with van der Waals surface area (Å²) in [6.45, 7) is 0.587. The van der Waals surface area contributed by atoms with Crippen molar-refractivity contribution in [3.05, 3.63) is 35.4 Å². The summed E-state index contributed by atoms with van der Waals surface area (Å²) in [5.74, 6) is -0.495. The fourth-order valence-corrected chi connectivity index (χ4v) is 2.59. The van der Waals surface area contributed by atoms with E-state index in [-0.39, 0.29) is 5.91 Å². The van der Waals surface area contributed by atoms with E-state index in [1.807, 2.05) is 24.3 Å². The van der Waals surface area contributed by atoms with Crippen LogP contribution in [0.3, 0.4) is 0 Å². The van der Waals surface area contributed by atoms with Gasteiger partial charge in [-0.25, -0.2) is 4.79 Å². The summed E-state index contributed by atoms with van der Waals surface area (Å²) in [6, 6.07) is 6.54. The third-order valence-electron chi connectivity index (χ3n) is 3.71. The number of fused-ring (bicyclic) bond motifs is 1. The SMILES string of the molecule is O=C(O)C1c2ccccc2CC(=O)N1CC1CC1. The van der Waals surface area contributed by atoms with Crippen molar-refractivity contribution in [2.24, 2.45) is 5.92 Å². The van der Waals surface area contributed by atoms with E-state index < -0.39 is 12.0 Å². The van der Waals surface area contributed by atoms with Gasteiger partial charge in [-0.05, 0) is 29.9 Å². The van der Waals surface area contributed by atoms with Gasteiger partial charge in [0.25, 0.3) is 0 Å². The Morgan fingerprint density at radius 1 is 1.33 bits per heavy atom. The molecule has 0 aromatic heterocycles. The molecule has 1 aromatic rings. The first-order chi connectivity index (χ1) is 8.66. The van der Waals surface area contributed by atoms with Crippen LogP contribution in [0.25, 0.3) is 0 Å². The van der Waals surface area contributed by atoms with Gasteiger partial charge in [0, 0.05) is 6.54 Å². The molecule has 0 spiro atoms. The quantitative estimate of drug-likeness (QED) is 0.880. The maximum atomic E-state index is 12.1. The number of carboxylic acid groups (broad SMARTS) is 1.